The molecule has 0 aliphatic heterocycles. The predicted octanol–water partition coefficient (Wildman–Crippen LogP) is 3.23. The van der Waals surface area contributed by atoms with Crippen LogP contribution in [0.2, 0.25) is 0 Å². The number of carboxylic acid groups (broad SMARTS) is 1. The molecule has 0 saturated heterocycles. The van der Waals surface area contributed by atoms with E-state index in [1.807, 2.05) is 0 Å². The summed E-state index contributed by atoms with van der Waals surface area (Å²) in [5.41, 5.74) is 2.26. The van der Waals surface area contributed by atoms with Gasteiger partial charge in [-0.3, -0.25) is 0 Å². The van der Waals surface area contributed by atoms with Crippen LogP contribution in [-0.2, 0) is 4.79 Å². The molecule has 0 heterocycles. The Morgan fingerprint density at radius 1 is 1.60 bits per heavy atom. The molecule has 1 N–H and O–H groups in total. The summed E-state index contributed by atoms with van der Waals surface area (Å²) in [6.45, 7) is 6.47. The van der Waals surface area contributed by atoms with E-state index in [-0.39, 0.29) is 5.41 Å². The molecule has 2 atom stereocenters. The Kier molecular flexibility index (Phi) is 2.40. The maximum atomic E-state index is 11.3. The molecule has 2 aliphatic rings. The van der Waals surface area contributed by atoms with Crippen LogP contribution in [0, 0.1) is 17.3 Å². The van der Waals surface area contributed by atoms with Crippen molar-refractivity contribution in [1.29, 1.82) is 0 Å². The number of aliphatic carboxylic acids is 1. The molecular weight excluding hydrogens is 188 g/mol. The first-order valence-corrected chi connectivity index (χ1v) is 5.99. The lowest BCUT2D eigenvalue weighted by atomic mass is 9.72. The van der Waals surface area contributed by atoms with Crippen molar-refractivity contribution in [1.82, 2.24) is 0 Å². The highest BCUT2D eigenvalue weighted by Gasteiger charge is 2.51. The van der Waals surface area contributed by atoms with Crippen LogP contribution in [0.15, 0.2) is 11.1 Å². The van der Waals surface area contributed by atoms with Gasteiger partial charge in [0.1, 0.15) is 0 Å². The third kappa shape index (κ3) is 1.34. The van der Waals surface area contributed by atoms with Crippen LogP contribution < -0.4 is 0 Å². The average molecular weight is 208 g/mol. The Bertz CT molecular complexity index is 327. The zero-order valence-corrected chi connectivity index (χ0v) is 9.84. The van der Waals surface area contributed by atoms with Crippen molar-refractivity contribution in [3.63, 3.8) is 0 Å². The van der Waals surface area contributed by atoms with E-state index in [0.717, 1.165) is 24.8 Å². The van der Waals surface area contributed by atoms with Gasteiger partial charge in [0.15, 0.2) is 0 Å². The summed E-state index contributed by atoms with van der Waals surface area (Å²) in [6, 6.07) is 0. The first-order chi connectivity index (χ1) is 7.02. The molecule has 84 valence electrons. The highest BCUT2D eigenvalue weighted by atomic mass is 16.4. The van der Waals surface area contributed by atoms with Crippen molar-refractivity contribution < 1.29 is 9.90 Å². The molecule has 0 radical (unpaired) electrons. The van der Waals surface area contributed by atoms with E-state index in [1.165, 1.54) is 12.0 Å². The topological polar surface area (TPSA) is 37.3 Å². The zero-order valence-electron chi connectivity index (χ0n) is 9.84. The first kappa shape index (κ1) is 10.7. The van der Waals surface area contributed by atoms with Crippen molar-refractivity contribution in [2.24, 2.45) is 17.3 Å². The minimum atomic E-state index is -0.668. The molecule has 2 nitrogen and oxygen atoms in total. The summed E-state index contributed by atoms with van der Waals surface area (Å²) in [5.74, 6) is 0.0694. The number of hydrogen-bond donors (Lipinski definition) is 1. The SMILES string of the molecule is CC[C@]12CCC(C1)C(C(=O)O)=C2C(C)C. The lowest BCUT2D eigenvalue weighted by Gasteiger charge is -2.32. The van der Waals surface area contributed by atoms with Gasteiger partial charge in [0.2, 0.25) is 0 Å². The third-order valence-electron chi connectivity index (χ3n) is 4.36. The van der Waals surface area contributed by atoms with Gasteiger partial charge in [0, 0.05) is 5.57 Å². The van der Waals surface area contributed by atoms with Gasteiger partial charge in [-0.1, -0.05) is 26.3 Å². The molecule has 2 heteroatoms. The van der Waals surface area contributed by atoms with Crippen LogP contribution in [0.3, 0.4) is 0 Å². The summed E-state index contributed by atoms with van der Waals surface area (Å²) in [4.78, 5) is 11.3. The molecule has 2 bridgehead atoms. The first-order valence-electron chi connectivity index (χ1n) is 5.99. The van der Waals surface area contributed by atoms with Crippen LogP contribution in [-0.4, -0.2) is 11.1 Å². The molecule has 2 aliphatic carbocycles. The largest absolute Gasteiger partial charge is 0.478 e. The van der Waals surface area contributed by atoms with Crippen LogP contribution in [0.5, 0.6) is 0 Å². The van der Waals surface area contributed by atoms with Gasteiger partial charge in [-0.05, 0) is 42.9 Å². The van der Waals surface area contributed by atoms with Gasteiger partial charge >= 0.3 is 5.97 Å². The van der Waals surface area contributed by atoms with Gasteiger partial charge in [-0.25, -0.2) is 4.79 Å². The number of fused-ring (bicyclic) bond motifs is 2. The summed E-state index contributed by atoms with van der Waals surface area (Å²) >= 11 is 0. The number of carboxylic acids is 1. The van der Waals surface area contributed by atoms with E-state index < -0.39 is 5.97 Å². The van der Waals surface area contributed by atoms with Crippen molar-refractivity contribution in [2.45, 2.75) is 46.5 Å². The molecule has 0 aromatic heterocycles. The summed E-state index contributed by atoms with van der Waals surface area (Å²) in [6.07, 6.45) is 4.50. The molecular formula is C13H20O2. The Labute approximate surface area is 91.4 Å². The highest BCUT2D eigenvalue weighted by Crippen LogP contribution is 2.60. The van der Waals surface area contributed by atoms with Crippen molar-refractivity contribution in [3.8, 4) is 0 Å². The van der Waals surface area contributed by atoms with E-state index in [0.29, 0.717) is 11.8 Å². The van der Waals surface area contributed by atoms with E-state index in [4.69, 9.17) is 0 Å². The van der Waals surface area contributed by atoms with Crippen molar-refractivity contribution in [3.05, 3.63) is 11.1 Å². The van der Waals surface area contributed by atoms with E-state index >= 15 is 0 Å². The second kappa shape index (κ2) is 3.36. The number of rotatable bonds is 3. The van der Waals surface area contributed by atoms with Crippen LogP contribution in [0.25, 0.3) is 0 Å². The van der Waals surface area contributed by atoms with E-state index in [2.05, 4.69) is 20.8 Å². The zero-order chi connectivity index (χ0) is 11.2. The Hall–Kier alpha value is -0.790. The molecule has 15 heavy (non-hydrogen) atoms. The molecule has 0 spiro atoms. The monoisotopic (exact) mass is 208 g/mol. The fourth-order valence-corrected chi connectivity index (χ4v) is 3.85. The predicted molar refractivity (Wildman–Crippen MR) is 59.6 cm³/mol. The quantitative estimate of drug-likeness (QED) is 0.773. The fraction of sp³-hybridized carbons (Fsp3) is 0.769. The van der Waals surface area contributed by atoms with Gasteiger partial charge < -0.3 is 5.11 Å². The Balaban J connectivity index is 2.51. The molecule has 1 unspecified atom stereocenters. The summed E-state index contributed by atoms with van der Waals surface area (Å²) < 4.78 is 0. The van der Waals surface area contributed by atoms with E-state index in [9.17, 15) is 9.90 Å². The van der Waals surface area contributed by atoms with E-state index in [1.54, 1.807) is 0 Å². The van der Waals surface area contributed by atoms with Gasteiger partial charge in [0.05, 0.1) is 0 Å². The number of allylic oxidation sites excluding steroid dienone is 1. The van der Waals surface area contributed by atoms with Crippen LogP contribution in [0.1, 0.15) is 46.5 Å². The third-order valence-corrected chi connectivity index (χ3v) is 4.36. The minimum absolute atomic E-state index is 0.243. The van der Waals surface area contributed by atoms with Gasteiger partial charge in [-0.15, -0.1) is 0 Å². The van der Waals surface area contributed by atoms with Crippen molar-refractivity contribution >= 4 is 5.97 Å². The fourth-order valence-electron chi connectivity index (χ4n) is 3.85. The van der Waals surface area contributed by atoms with Crippen LogP contribution >= 0.6 is 0 Å². The average Bonchev–Trinajstić information content (AvgIpc) is 2.72. The lowest BCUT2D eigenvalue weighted by molar-refractivity contribution is -0.133. The molecule has 0 aromatic carbocycles. The van der Waals surface area contributed by atoms with Crippen molar-refractivity contribution in [2.75, 3.05) is 0 Å². The number of hydrogen-bond acceptors (Lipinski definition) is 1. The lowest BCUT2D eigenvalue weighted by Crippen LogP contribution is -2.23. The molecule has 1 fully saturated rings. The standard InChI is InChI=1S/C13H20O2/c1-4-13-6-5-9(7-13)10(12(14)15)11(13)8(2)3/h8-9H,4-7H2,1-3H3,(H,14,15)/t9?,13-/m0/s1. The number of carbonyl (C=O) groups is 1. The molecule has 0 aromatic rings. The maximum absolute atomic E-state index is 11.3. The minimum Gasteiger partial charge on any atom is -0.478 e. The summed E-state index contributed by atoms with van der Waals surface area (Å²) in [7, 11) is 0. The molecule has 1 saturated carbocycles. The Morgan fingerprint density at radius 2 is 2.27 bits per heavy atom. The van der Waals surface area contributed by atoms with Crippen LogP contribution in [0.4, 0.5) is 0 Å². The van der Waals surface area contributed by atoms with Gasteiger partial charge in [-0.2, -0.15) is 0 Å². The normalized spacial score (nSPS) is 34.3. The molecule has 0 amide bonds. The summed E-state index contributed by atoms with van der Waals surface area (Å²) in [5, 5.41) is 9.31. The second-order valence-corrected chi connectivity index (χ2v) is 5.36. The highest BCUT2D eigenvalue weighted by molar-refractivity contribution is 5.89. The molecule has 2 rings (SSSR count). The smallest absolute Gasteiger partial charge is 0.331 e. The Morgan fingerprint density at radius 3 is 2.73 bits per heavy atom. The van der Waals surface area contributed by atoms with Gasteiger partial charge in [0.25, 0.3) is 0 Å². The maximum Gasteiger partial charge on any atom is 0.331 e. The second-order valence-electron chi connectivity index (χ2n) is 5.36.